The van der Waals surface area contributed by atoms with E-state index in [0.29, 0.717) is 34.5 Å². The highest BCUT2D eigenvalue weighted by Crippen LogP contribution is 2.36. The lowest BCUT2D eigenvalue weighted by Crippen LogP contribution is -2.26. The van der Waals surface area contributed by atoms with Crippen LogP contribution in [0.1, 0.15) is 47.6 Å². The van der Waals surface area contributed by atoms with E-state index in [4.69, 9.17) is 29.3 Å². The lowest BCUT2D eigenvalue weighted by Gasteiger charge is -2.19. The number of carboxylic acids is 2. The summed E-state index contributed by atoms with van der Waals surface area (Å²) in [5.74, 6) is -3.27. The molecular formula is C31H29N3O8S. The normalized spacial score (nSPS) is 14.1. The fourth-order valence-electron chi connectivity index (χ4n) is 3.98. The van der Waals surface area contributed by atoms with Crippen molar-refractivity contribution in [3.05, 3.63) is 107 Å². The molecule has 2 aromatic carbocycles. The van der Waals surface area contributed by atoms with Gasteiger partial charge in [-0.05, 0) is 44.5 Å². The van der Waals surface area contributed by atoms with Gasteiger partial charge in [-0.1, -0.05) is 36.4 Å². The van der Waals surface area contributed by atoms with Crippen LogP contribution in [-0.4, -0.2) is 49.2 Å². The van der Waals surface area contributed by atoms with E-state index in [0.717, 1.165) is 11.1 Å². The van der Waals surface area contributed by atoms with Gasteiger partial charge in [0.25, 0.3) is 0 Å². The van der Waals surface area contributed by atoms with Gasteiger partial charge in [-0.3, -0.25) is 14.3 Å². The molecule has 3 N–H and O–H groups in total. The van der Waals surface area contributed by atoms with E-state index < -0.39 is 23.6 Å². The lowest BCUT2D eigenvalue weighted by molar-refractivity contribution is -0.159. The molecule has 11 nitrogen and oxygen atoms in total. The first kappa shape index (κ1) is 30.8. The molecule has 5 rings (SSSR count). The molecule has 0 radical (unpaired) electrons. The minimum Gasteiger partial charge on any atom is -0.489 e. The molecule has 1 unspecified atom stereocenters. The SMILES string of the molecule is CC(C)(C)OC(=O)n1cc(C(=O)C2=CSC(c3cccnc3)N2)c2ccc(OCc3ccccc3)cc21.O=C(O)C(=O)O. The zero-order valence-electron chi connectivity index (χ0n) is 23.5. The number of thioether (sulfide) groups is 1. The van der Waals surface area contributed by atoms with Gasteiger partial charge in [-0.2, -0.15) is 0 Å². The molecular weight excluding hydrogens is 574 g/mol. The number of Topliss-reactive ketones (excluding diaryl/α,β-unsaturated/α-hetero) is 1. The van der Waals surface area contributed by atoms with Crippen molar-refractivity contribution in [1.82, 2.24) is 14.9 Å². The van der Waals surface area contributed by atoms with Crippen LogP contribution in [0.2, 0.25) is 0 Å². The summed E-state index contributed by atoms with van der Waals surface area (Å²) in [7, 11) is 0. The summed E-state index contributed by atoms with van der Waals surface area (Å²) in [5.41, 5.74) is 2.72. The minimum atomic E-state index is -1.82. The van der Waals surface area contributed by atoms with Crippen molar-refractivity contribution < 1.29 is 38.9 Å². The number of fused-ring (bicyclic) bond motifs is 1. The Bertz CT molecular complexity index is 1670. The molecule has 1 aliphatic heterocycles. The predicted octanol–water partition coefficient (Wildman–Crippen LogP) is 5.61. The summed E-state index contributed by atoms with van der Waals surface area (Å²) in [6.45, 7) is 5.80. The Hall–Kier alpha value is -5.10. The molecule has 4 aromatic rings. The van der Waals surface area contributed by atoms with Crippen LogP contribution in [-0.2, 0) is 20.9 Å². The number of nitrogens with zero attached hydrogens (tertiary/aromatic N) is 2. The smallest absolute Gasteiger partial charge is 0.419 e. The summed E-state index contributed by atoms with van der Waals surface area (Å²) >= 11 is 1.51. The molecule has 43 heavy (non-hydrogen) atoms. The van der Waals surface area contributed by atoms with E-state index in [9.17, 15) is 9.59 Å². The first-order valence-corrected chi connectivity index (χ1v) is 14.0. The van der Waals surface area contributed by atoms with Crippen LogP contribution < -0.4 is 10.1 Å². The van der Waals surface area contributed by atoms with E-state index in [1.807, 2.05) is 60.0 Å². The number of carboxylic acid groups (broad SMARTS) is 2. The average Bonchev–Trinajstić information content (AvgIpc) is 3.62. The number of carbonyl (C=O) groups is 4. The van der Waals surface area contributed by atoms with E-state index in [-0.39, 0.29) is 11.2 Å². The van der Waals surface area contributed by atoms with Crippen LogP contribution in [0.25, 0.3) is 10.9 Å². The summed E-state index contributed by atoms with van der Waals surface area (Å²) in [5, 5.41) is 20.4. The third kappa shape index (κ3) is 8.01. The van der Waals surface area contributed by atoms with Crippen LogP contribution in [0.15, 0.2) is 90.4 Å². The second-order valence-electron chi connectivity index (χ2n) is 10.3. The van der Waals surface area contributed by atoms with Crippen molar-refractivity contribution in [1.29, 1.82) is 0 Å². The largest absolute Gasteiger partial charge is 0.489 e. The van der Waals surface area contributed by atoms with Crippen molar-refractivity contribution in [2.24, 2.45) is 0 Å². The van der Waals surface area contributed by atoms with Gasteiger partial charge in [0.05, 0.1) is 16.8 Å². The summed E-state index contributed by atoms with van der Waals surface area (Å²) in [4.78, 5) is 49.1. The van der Waals surface area contributed by atoms with Crippen molar-refractivity contribution in [2.45, 2.75) is 38.4 Å². The number of pyridine rings is 1. The lowest BCUT2D eigenvalue weighted by atomic mass is 10.1. The zero-order chi connectivity index (χ0) is 31.1. The molecule has 0 bridgehead atoms. The third-order valence-electron chi connectivity index (χ3n) is 5.88. The molecule has 222 valence electrons. The summed E-state index contributed by atoms with van der Waals surface area (Å²) in [6.07, 6.45) is 4.48. The van der Waals surface area contributed by atoms with Gasteiger partial charge in [0.1, 0.15) is 23.3 Å². The number of benzene rings is 2. The molecule has 1 aliphatic rings. The van der Waals surface area contributed by atoms with Gasteiger partial charge in [0.15, 0.2) is 0 Å². The maximum absolute atomic E-state index is 13.6. The monoisotopic (exact) mass is 603 g/mol. The number of aromatic nitrogens is 2. The molecule has 2 aromatic heterocycles. The Morgan fingerprint density at radius 3 is 2.35 bits per heavy atom. The molecule has 0 amide bonds. The van der Waals surface area contributed by atoms with Gasteiger partial charge < -0.3 is 25.0 Å². The maximum atomic E-state index is 13.6. The predicted molar refractivity (Wildman–Crippen MR) is 160 cm³/mol. The van der Waals surface area contributed by atoms with Crippen LogP contribution in [0.5, 0.6) is 5.75 Å². The van der Waals surface area contributed by atoms with Gasteiger partial charge in [-0.25, -0.2) is 14.4 Å². The van der Waals surface area contributed by atoms with Crippen molar-refractivity contribution in [3.8, 4) is 5.75 Å². The molecule has 1 atom stereocenters. The van der Waals surface area contributed by atoms with Crippen LogP contribution in [0.3, 0.4) is 0 Å². The average molecular weight is 604 g/mol. The first-order chi connectivity index (χ1) is 20.4. The Balaban J connectivity index is 0.000000641. The fourth-order valence-corrected chi connectivity index (χ4v) is 4.92. The number of aliphatic carboxylic acids is 2. The number of rotatable bonds is 6. The molecule has 0 spiro atoms. The highest BCUT2D eigenvalue weighted by Gasteiger charge is 2.28. The number of hydrogen-bond donors (Lipinski definition) is 3. The second kappa shape index (κ2) is 13.3. The van der Waals surface area contributed by atoms with E-state index in [1.165, 1.54) is 16.3 Å². The summed E-state index contributed by atoms with van der Waals surface area (Å²) < 4.78 is 13.0. The first-order valence-electron chi connectivity index (χ1n) is 13.0. The van der Waals surface area contributed by atoms with Gasteiger partial charge >= 0.3 is 18.0 Å². The van der Waals surface area contributed by atoms with Gasteiger partial charge in [-0.15, -0.1) is 11.8 Å². The van der Waals surface area contributed by atoms with Gasteiger partial charge in [0, 0.05) is 41.0 Å². The Labute approximate surface area is 251 Å². The number of nitrogens with one attached hydrogen (secondary N) is 1. The maximum Gasteiger partial charge on any atom is 0.419 e. The standard InChI is InChI=1S/C29H27N3O4S.C2H2O4/c1-29(2,3)36-28(34)32-16-23(26(33)24-18-37-27(31-24)20-10-7-13-30-15-20)22-12-11-21(14-25(22)32)35-17-19-8-5-4-6-9-19;3-1(4)2(5)6/h4-16,18,27,31H,17H2,1-3H3;(H,3,4)(H,5,6). The zero-order valence-corrected chi connectivity index (χ0v) is 24.3. The van der Waals surface area contributed by atoms with E-state index >= 15 is 0 Å². The highest BCUT2D eigenvalue weighted by molar-refractivity contribution is 8.02. The number of ether oxygens (including phenoxy) is 2. The fraction of sp³-hybridized carbons (Fsp3) is 0.194. The van der Waals surface area contributed by atoms with Gasteiger partial charge in [0.2, 0.25) is 5.78 Å². The molecule has 3 heterocycles. The molecule has 0 saturated heterocycles. The molecule has 0 saturated carbocycles. The summed E-state index contributed by atoms with van der Waals surface area (Å²) in [6, 6.07) is 19.0. The van der Waals surface area contributed by atoms with E-state index in [2.05, 4.69) is 10.3 Å². The second-order valence-corrected chi connectivity index (χ2v) is 11.2. The van der Waals surface area contributed by atoms with Crippen LogP contribution >= 0.6 is 11.8 Å². The van der Waals surface area contributed by atoms with Crippen molar-refractivity contribution >= 4 is 46.5 Å². The number of hydrogen-bond acceptors (Lipinski definition) is 9. The third-order valence-corrected chi connectivity index (χ3v) is 6.92. The Kier molecular flexibility index (Phi) is 9.51. The van der Waals surface area contributed by atoms with Crippen molar-refractivity contribution in [2.75, 3.05) is 0 Å². The molecule has 0 fully saturated rings. The van der Waals surface area contributed by atoms with Crippen molar-refractivity contribution in [3.63, 3.8) is 0 Å². The van der Waals surface area contributed by atoms with E-state index in [1.54, 1.807) is 45.4 Å². The van der Waals surface area contributed by atoms with Crippen LogP contribution in [0.4, 0.5) is 4.79 Å². The quantitative estimate of drug-likeness (QED) is 0.186. The number of allylic oxidation sites excluding steroid dienone is 1. The highest BCUT2D eigenvalue weighted by atomic mass is 32.2. The number of ketones is 1. The Morgan fingerprint density at radius 1 is 1.00 bits per heavy atom. The molecule has 12 heteroatoms. The molecule has 0 aliphatic carbocycles. The minimum absolute atomic E-state index is 0.107. The number of carbonyl (C=O) groups excluding carboxylic acids is 2. The van der Waals surface area contributed by atoms with Crippen LogP contribution in [0, 0.1) is 0 Å². The topological polar surface area (TPSA) is 157 Å². The Morgan fingerprint density at radius 2 is 1.72 bits per heavy atom.